The largest absolute Gasteiger partial charge is 0.370 e. The van der Waals surface area contributed by atoms with Crippen LogP contribution < -0.4 is 32.7 Å². The number of carbonyl (C=O) groups is 4. The fourth-order valence-corrected chi connectivity index (χ4v) is 4.75. The van der Waals surface area contributed by atoms with Gasteiger partial charge in [-0.2, -0.15) is 0 Å². The molecule has 4 amide bonds. The quantitative estimate of drug-likeness (QED) is 0.0395. The van der Waals surface area contributed by atoms with Crippen LogP contribution in [0.4, 0.5) is 17.1 Å². The molecular formula is C33H39N9O8. The van der Waals surface area contributed by atoms with E-state index < -0.39 is 57.5 Å². The molecule has 17 nitrogen and oxygen atoms in total. The van der Waals surface area contributed by atoms with Crippen molar-refractivity contribution in [3.8, 4) is 0 Å². The summed E-state index contributed by atoms with van der Waals surface area (Å²) in [5.41, 5.74) is 11.5. The highest BCUT2D eigenvalue weighted by atomic mass is 16.6. The van der Waals surface area contributed by atoms with Crippen molar-refractivity contribution in [2.24, 2.45) is 22.4 Å². The summed E-state index contributed by atoms with van der Waals surface area (Å²) in [6, 6.07) is 15.3. The van der Waals surface area contributed by atoms with Crippen molar-refractivity contribution in [3.05, 3.63) is 110 Å². The first kappa shape index (κ1) is 38.1. The fraction of sp³-hybridized carbons (Fsp3) is 0.303. The monoisotopic (exact) mass is 689 g/mol. The topological polar surface area (TPSA) is 267 Å². The van der Waals surface area contributed by atoms with Crippen LogP contribution in [-0.4, -0.2) is 64.1 Å². The van der Waals surface area contributed by atoms with Crippen LogP contribution in [0.15, 0.2) is 83.9 Å². The lowest BCUT2D eigenvalue weighted by Crippen LogP contribution is -2.58. The Kier molecular flexibility index (Phi) is 13.9. The predicted molar refractivity (Wildman–Crippen MR) is 185 cm³/mol. The first-order chi connectivity index (χ1) is 23.7. The minimum Gasteiger partial charge on any atom is -0.370 e. The molecule has 0 fully saturated rings. The molecule has 0 spiro atoms. The number of non-ortho nitro benzene ring substituents is 2. The average Bonchev–Trinajstić information content (AvgIpc) is 3.08. The van der Waals surface area contributed by atoms with Gasteiger partial charge in [0, 0.05) is 48.5 Å². The number of guanidine groups is 1. The number of carbonyl (C=O) groups excluding carboxylic acids is 4. The Bertz CT molecular complexity index is 1690. The van der Waals surface area contributed by atoms with Crippen LogP contribution in [0.5, 0.6) is 0 Å². The zero-order valence-corrected chi connectivity index (χ0v) is 27.4. The molecule has 3 atom stereocenters. The van der Waals surface area contributed by atoms with Crippen LogP contribution in [0.25, 0.3) is 0 Å². The molecule has 0 bridgehead atoms. The summed E-state index contributed by atoms with van der Waals surface area (Å²) in [6.07, 6.45) is 0.327. The van der Waals surface area contributed by atoms with Gasteiger partial charge in [0.15, 0.2) is 5.96 Å². The van der Waals surface area contributed by atoms with Crippen LogP contribution >= 0.6 is 0 Å². The Hall–Kier alpha value is -6.39. The van der Waals surface area contributed by atoms with Gasteiger partial charge in [-0.3, -0.25) is 44.4 Å². The summed E-state index contributed by atoms with van der Waals surface area (Å²) in [4.78, 5) is 78.7. The number of nitro groups is 2. The molecule has 8 N–H and O–H groups in total. The van der Waals surface area contributed by atoms with Gasteiger partial charge in [-0.05, 0) is 48.6 Å². The molecule has 50 heavy (non-hydrogen) atoms. The molecule has 0 heterocycles. The van der Waals surface area contributed by atoms with Gasteiger partial charge < -0.3 is 32.7 Å². The lowest BCUT2D eigenvalue weighted by molar-refractivity contribution is -0.385. The van der Waals surface area contributed by atoms with Gasteiger partial charge in [-0.15, -0.1) is 0 Å². The first-order valence-electron chi connectivity index (χ1n) is 15.6. The second-order valence-corrected chi connectivity index (χ2v) is 11.6. The van der Waals surface area contributed by atoms with E-state index >= 15 is 0 Å². The van der Waals surface area contributed by atoms with Crippen LogP contribution in [0.1, 0.15) is 42.6 Å². The third-order valence-electron chi connectivity index (χ3n) is 7.42. The second kappa shape index (κ2) is 18.2. The number of nitrogens with two attached hydrogens (primary N) is 2. The number of amides is 4. The van der Waals surface area contributed by atoms with Crippen LogP contribution in [-0.2, 0) is 20.8 Å². The summed E-state index contributed by atoms with van der Waals surface area (Å²) in [6.45, 7) is 3.53. The minimum atomic E-state index is -1.20. The maximum Gasteiger partial charge on any atom is 0.269 e. The number of hydrogen-bond acceptors (Lipinski definition) is 9. The standard InChI is InChI=1S/C33H39N9O8/c1-20(2)28(32(46)38-26(9-6-18-36-33(34)35)30(44)37-23-12-16-25(17-13-23)42(49)50)40-31(45)27(39-29(43)22-7-4-3-5-8-22)19-21-10-14-24(15-11-21)41(47)48/h3-5,7-8,10-17,20,26-28H,6,9,18-19H2,1-2H3,(H,37,44)(H,38,46)(H,39,43)(H,40,45)(H4,34,35,36)/t26-,27-,28-/m0/s1. The van der Waals surface area contributed by atoms with Crippen LogP contribution in [0.2, 0.25) is 0 Å². The number of aliphatic imine (C=N–C) groups is 1. The van der Waals surface area contributed by atoms with Crippen molar-refractivity contribution in [1.29, 1.82) is 0 Å². The lowest BCUT2D eigenvalue weighted by Gasteiger charge is -2.27. The van der Waals surface area contributed by atoms with Crippen molar-refractivity contribution in [1.82, 2.24) is 16.0 Å². The molecule has 3 aromatic rings. The van der Waals surface area contributed by atoms with E-state index in [1.807, 2.05) is 0 Å². The van der Waals surface area contributed by atoms with Gasteiger partial charge in [0.25, 0.3) is 17.3 Å². The van der Waals surface area contributed by atoms with Gasteiger partial charge >= 0.3 is 0 Å². The number of rotatable bonds is 17. The molecule has 0 aliphatic heterocycles. The minimum absolute atomic E-state index is 0.0557. The maximum atomic E-state index is 13.7. The number of anilines is 1. The highest BCUT2D eigenvalue weighted by Gasteiger charge is 2.32. The number of hydrogen-bond donors (Lipinski definition) is 6. The van der Waals surface area contributed by atoms with E-state index in [1.165, 1.54) is 48.5 Å². The number of benzene rings is 3. The smallest absolute Gasteiger partial charge is 0.269 e. The van der Waals surface area contributed by atoms with E-state index in [-0.39, 0.29) is 54.4 Å². The maximum absolute atomic E-state index is 13.7. The van der Waals surface area contributed by atoms with E-state index in [2.05, 4.69) is 26.3 Å². The Labute approximate surface area is 287 Å². The Balaban J connectivity index is 1.81. The Morgan fingerprint density at radius 2 is 1.32 bits per heavy atom. The third kappa shape index (κ3) is 11.7. The number of nitrogens with zero attached hydrogens (tertiary/aromatic N) is 3. The average molecular weight is 690 g/mol. The van der Waals surface area contributed by atoms with Crippen molar-refractivity contribution in [2.45, 2.75) is 51.2 Å². The molecule has 3 rings (SSSR count). The second-order valence-electron chi connectivity index (χ2n) is 11.6. The molecule has 0 radical (unpaired) electrons. The molecule has 0 aliphatic carbocycles. The zero-order chi connectivity index (χ0) is 36.8. The summed E-state index contributed by atoms with van der Waals surface area (Å²) in [7, 11) is 0. The van der Waals surface area contributed by atoms with Gasteiger partial charge in [0.2, 0.25) is 17.7 Å². The zero-order valence-electron chi connectivity index (χ0n) is 27.4. The molecule has 3 aromatic carbocycles. The van der Waals surface area contributed by atoms with Crippen LogP contribution in [0, 0.1) is 26.1 Å². The highest BCUT2D eigenvalue weighted by molar-refractivity contribution is 6.00. The van der Waals surface area contributed by atoms with Gasteiger partial charge in [0.1, 0.15) is 18.1 Å². The van der Waals surface area contributed by atoms with E-state index in [0.29, 0.717) is 5.56 Å². The Morgan fingerprint density at radius 1 is 0.740 bits per heavy atom. The van der Waals surface area contributed by atoms with Gasteiger partial charge in [-0.1, -0.05) is 44.2 Å². The highest BCUT2D eigenvalue weighted by Crippen LogP contribution is 2.17. The van der Waals surface area contributed by atoms with Crippen molar-refractivity contribution in [2.75, 3.05) is 11.9 Å². The van der Waals surface area contributed by atoms with Gasteiger partial charge in [-0.25, -0.2) is 0 Å². The normalized spacial score (nSPS) is 12.5. The van der Waals surface area contributed by atoms with E-state index in [1.54, 1.807) is 44.2 Å². The third-order valence-corrected chi connectivity index (χ3v) is 7.42. The predicted octanol–water partition coefficient (Wildman–Crippen LogP) is 2.16. The lowest BCUT2D eigenvalue weighted by atomic mass is 9.99. The summed E-state index contributed by atoms with van der Waals surface area (Å²) >= 11 is 0. The molecule has 0 unspecified atom stereocenters. The number of nitro benzene ring substituents is 2. The van der Waals surface area contributed by atoms with Gasteiger partial charge in [0.05, 0.1) is 9.85 Å². The molecular weight excluding hydrogens is 650 g/mol. The van der Waals surface area contributed by atoms with Crippen LogP contribution in [0.3, 0.4) is 0 Å². The van der Waals surface area contributed by atoms with E-state index in [0.717, 1.165) is 0 Å². The molecule has 0 saturated heterocycles. The summed E-state index contributed by atoms with van der Waals surface area (Å²) < 4.78 is 0. The Morgan fingerprint density at radius 3 is 1.86 bits per heavy atom. The van der Waals surface area contributed by atoms with Crippen molar-refractivity contribution < 1.29 is 29.0 Å². The fourth-order valence-electron chi connectivity index (χ4n) is 4.75. The SMILES string of the molecule is CC(C)[C@H](NC(=O)[C@H](Cc1ccc([N+](=O)[O-])cc1)NC(=O)c1ccccc1)C(=O)N[C@@H](CCCN=C(N)N)C(=O)Nc1ccc([N+](=O)[O-])cc1. The molecule has 0 aromatic heterocycles. The summed E-state index contributed by atoms with van der Waals surface area (Å²) in [5, 5.41) is 32.8. The molecule has 264 valence electrons. The number of nitrogens with one attached hydrogen (secondary N) is 4. The molecule has 0 saturated carbocycles. The van der Waals surface area contributed by atoms with E-state index in [4.69, 9.17) is 11.5 Å². The van der Waals surface area contributed by atoms with Crippen molar-refractivity contribution in [3.63, 3.8) is 0 Å². The van der Waals surface area contributed by atoms with Crippen molar-refractivity contribution >= 4 is 46.7 Å². The first-order valence-corrected chi connectivity index (χ1v) is 15.6. The van der Waals surface area contributed by atoms with E-state index in [9.17, 15) is 39.4 Å². The molecule has 17 heteroatoms. The molecule has 0 aliphatic rings. The summed E-state index contributed by atoms with van der Waals surface area (Å²) in [5.74, 6) is -3.21.